The highest BCUT2D eigenvalue weighted by Gasteiger charge is 2.22. The van der Waals surface area contributed by atoms with Crippen molar-refractivity contribution < 1.29 is 58.0 Å². The topological polar surface area (TPSA) is 195 Å². The minimum atomic E-state index is -1.89. The van der Waals surface area contributed by atoms with E-state index < -0.39 is 73.1 Å². The summed E-state index contributed by atoms with van der Waals surface area (Å²) >= 11 is 0. The lowest BCUT2D eigenvalue weighted by molar-refractivity contribution is -0.166. The Kier molecular flexibility index (Phi) is 8.18. The van der Waals surface area contributed by atoms with E-state index >= 15 is 0 Å². The standard InChI is InChI=1S/C12H10O12/c13-5(11(19)20)3-9(17)23-7(15)1-2-8(16)24-10(18)4-6(14)12(21)22/h1-4H2,(H,19,20)(H,21,22). The molecule has 0 bridgehead atoms. The van der Waals surface area contributed by atoms with Crippen LogP contribution < -0.4 is 0 Å². The van der Waals surface area contributed by atoms with Gasteiger partial charge in [0.25, 0.3) is 11.6 Å². The van der Waals surface area contributed by atoms with E-state index in [1.165, 1.54) is 0 Å². The van der Waals surface area contributed by atoms with Crippen LogP contribution in [-0.4, -0.2) is 57.6 Å². The zero-order valence-electron chi connectivity index (χ0n) is 11.8. The minimum Gasteiger partial charge on any atom is -0.475 e. The number of ketones is 2. The van der Waals surface area contributed by atoms with Crippen LogP contribution >= 0.6 is 0 Å². The van der Waals surface area contributed by atoms with Gasteiger partial charge in [0.2, 0.25) is 0 Å². The van der Waals surface area contributed by atoms with Gasteiger partial charge in [0.1, 0.15) is 12.8 Å². The Hall–Kier alpha value is -3.44. The van der Waals surface area contributed by atoms with Gasteiger partial charge in [-0.3, -0.25) is 28.8 Å². The molecule has 2 N–H and O–H groups in total. The third kappa shape index (κ3) is 8.76. The zero-order chi connectivity index (χ0) is 18.9. The van der Waals surface area contributed by atoms with Gasteiger partial charge in [-0.1, -0.05) is 0 Å². The fourth-order valence-electron chi connectivity index (χ4n) is 1.05. The Morgan fingerprint density at radius 3 is 1.08 bits per heavy atom. The Morgan fingerprint density at radius 2 is 0.833 bits per heavy atom. The molecule has 12 heteroatoms. The molecule has 12 nitrogen and oxygen atoms in total. The molecule has 0 saturated carbocycles. The van der Waals surface area contributed by atoms with E-state index in [2.05, 4.69) is 9.47 Å². The van der Waals surface area contributed by atoms with Crippen LogP contribution in [0.2, 0.25) is 0 Å². The van der Waals surface area contributed by atoms with Crippen molar-refractivity contribution in [3.05, 3.63) is 0 Å². The predicted octanol–water partition coefficient (Wildman–Crippen LogP) is -2.01. The second-order valence-electron chi connectivity index (χ2n) is 4.00. The number of Topliss-reactive ketones (excluding diaryl/α,β-unsaturated/α-hetero) is 2. The number of rotatable bonds is 9. The lowest BCUT2D eigenvalue weighted by atomic mass is 10.3. The Balaban J connectivity index is 4.16. The summed E-state index contributed by atoms with van der Waals surface area (Å²) < 4.78 is 8.07. The molecule has 0 aromatic heterocycles. The fraction of sp³-hybridized carbons (Fsp3) is 0.333. The van der Waals surface area contributed by atoms with Crippen molar-refractivity contribution in [1.29, 1.82) is 0 Å². The highest BCUT2D eigenvalue weighted by molar-refractivity contribution is 6.36. The van der Waals surface area contributed by atoms with Crippen molar-refractivity contribution >= 4 is 47.4 Å². The van der Waals surface area contributed by atoms with E-state index in [9.17, 15) is 38.4 Å². The van der Waals surface area contributed by atoms with Crippen LogP contribution in [-0.2, 0) is 47.8 Å². The molecule has 0 aliphatic heterocycles. The van der Waals surface area contributed by atoms with Crippen LogP contribution in [0.3, 0.4) is 0 Å². The van der Waals surface area contributed by atoms with Crippen LogP contribution in [0.25, 0.3) is 0 Å². The summed E-state index contributed by atoms with van der Waals surface area (Å²) in [7, 11) is 0. The predicted molar refractivity (Wildman–Crippen MR) is 66.0 cm³/mol. The molecule has 0 spiro atoms. The number of hydrogen-bond donors (Lipinski definition) is 2. The first kappa shape index (κ1) is 20.6. The Morgan fingerprint density at radius 1 is 0.542 bits per heavy atom. The van der Waals surface area contributed by atoms with Crippen molar-refractivity contribution in [2.75, 3.05) is 0 Å². The molecule has 0 rings (SSSR count). The van der Waals surface area contributed by atoms with Gasteiger partial charge in [0.15, 0.2) is 0 Å². The molecule has 0 radical (unpaired) electrons. The summed E-state index contributed by atoms with van der Waals surface area (Å²) in [5, 5.41) is 16.5. The van der Waals surface area contributed by atoms with Gasteiger partial charge in [-0.2, -0.15) is 0 Å². The van der Waals surface area contributed by atoms with E-state index in [4.69, 9.17) is 10.2 Å². The maximum absolute atomic E-state index is 11.1. The second-order valence-corrected chi connectivity index (χ2v) is 4.00. The first-order valence-electron chi connectivity index (χ1n) is 6.02. The molecule has 130 valence electrons. The number of carbonyl (C=O) groups is 8. The molecule has 0 amide bonds. The lowest BCUT2D eigenvalue weighted by Crippen LogP contribution is -2.22. The molecule has 0 aliphatic rings. The second kappa shape index (κ2) is 9.55. The lowest BCUT2D eigenvalue weighted by Gasteiger charge is -2.02. The summed E-state index contributed by atoms with van der Waals surface area (Å²) in [4.78, 5) is 85.9. The van der Waals surface area contributed by atoms with Gasteiger partial charge in [0.05, 0.1) is 12.8 Å². The van der Waals surface area contributed by atoms with E-state index in [1.807, 2.05) is 0 Å². The largest absolute Gasteiger partial charge is 0.475 e. The van der Waals surface area contributed by atoms with Crippen LogP contribution in [0.1, 0.15) is 25.7 Å². The summed E-state index contributed by atoms with van der Waals surface area (Å²) in [5.74, 6) is -12.2. The number of esters is 4. The molecule has 0 aliphatic carbocycles. The van der Waals surface area contributed by atoms with Crippen molar-refractivity contribution in [2.24, 2.45) is 0 Å². The molecule has 0 saturated heterocycles. The SMILES string of the molecule is O=C(CCC(=O)OC(=O)CC(=O)C(=O)O)OC(=O)CC(=O)C(=O)O. The van der Waals surface area contributed by atoms with Crippen molar-refractivity contribution in [1.82, 2.24) is 0 Å². The van der Waals surface area contributed by atoms with Gasteiger partial charge in [-0.05, 0) is 0 Å². The van der Waals surface area contributed by atoms with E-state index in [0.717, 1.165) is 0 Å². The number of hydrogen-bond acceptors (Lipinski definition) is 10. The summed E-state index contributed by atoms with van der Waals surface area (Å²) in [6.07, 6.45) is -3.85. The zero-order valence-corrected chi connectivity index (χ0v) is 11.8. The molecule has 0 heterocycles. The van der Waals surface area contributed by atoms with Crippen LogP contribution in [0.5, 0.6) is 0 Å². The van der Waals surface area contributed by atoms with Gasteiger partial charge >= 0.3 is 35.8 Å². The normalized spacial score (nSPS) is 9.50. The molecule has 0 atom stereocenters. The third-order valence-electron chi connectivity index (χ3n) is 2.08. The quantitative estimate of drug-likeness (QED) is 0.265. The molecule has 0 unspecified atom stereocenters. The first-order valence-corrected chi connectivity index (χ1v) is 6.02. The van der Waals surface area contributed by atoms with Crippen molar-refractivity contribution in [2.45, 2.75) is 25.7 Å². The Labute approximate surface area is 132 Å². The number of ether oxygens (including phenoxy) is 2. The van der Waals surface area contributed by atoms with Crippen LogP contribution in [0.15, 0.2) is 0 Å². The van der Waals surface area contributed by atoms with Crippen LogP contribution in [0.4, 0.5) is 0 Å². The molecular weight excluding hydrogens is 336 g/mol. The third-order valence-corrected chi connectivity index (χ3v) is 2.08. The summed E-state index contributed by atoms with van der Waals surface area (Å²) in [6, 6.07) is 0. The molecule has 0 aromatic rings. The van der Waals surface area contributed by atoms with Crippen molar-refractivity contribution in [3.8, 4) is 0 Å². The van der Waals surface area contributed by atoms with E-state index in [0.29, 0.717) is 0 Å². The average Bonchev–Trinajstić information content (AvgIpc) is 2.44. The van der Waals surface area contributed by atoms with Gasteiger partial charge in [0, 0.05) is 0 Å². The molecule has 24 heavy (non-hydrogen) atoms. The molecule has 0 aromatic carbocycles. The van der Waals surface area contributed by atoms with Gasteiger partial charge in [-0.25, -0.2) is 9.59 Å². The van der Waals surface area contributed by atoms with Crippen LogP contribution in [0, 0.1) is 0 Å². The number of carbonyl (C=O) groups excluding carboxylic acids is 6. The van der Waals surface area contributed by atoms with Gasteiger partial charge in [-0.15, -0.1) is 0 Å². The highest BCUT2D eigenvalue weighted by Crippen LogP contribution is 2.00. The highest BCUT2D eigenvalue weighted by atomic mass is 16.6. The monoisotopic (exact) mass is 346 g/mol. The molecule has 0 fully saturated rings. The fourth-order valence-corrected chi connectivity index (χ4v) is 1.05. The summed E-state index contributed by atoms with van der Waals surface area (Å²) in [5.41, 5.74) is 0. The van der Waals surface area contributed by atoms with Gasteiger partial charge < -0.3 is 19.7 Å². The maximum atomic E-state index is 11.1. The van der Waals surface area contributed by atoms with Crippen molar-refractivity contribution in [3.63, 3.8) is 0 Å². The first-order chi connectivity index (χ1) is 11.0. The summed E-state index contributed by atoms with van der Waals surface area (Å²) in [6.45, 7) is 0. The smallest absolute Gasteiger partial charge is 0.372 e. The Bertz CT molecular complexity index is 560. The number of aliphatic carboxylic acids is 2. The number of carboxylic acids is 2. The minimum absolute atomic E-state index is 0.744. The number of carboxylic acid groups (broad SMARTS) is 2. The van der Waals surface area contributed by atoms with E-state index in [-0.39, 0.29) is 0 Å². The molecular formula is C12H10O12. The maximum Gasteiger partial charge on any atom is 0.372 e. The average molecular weight is 346 g/mol. The van der Waals surface area contributed by atoms with E-state index in [1.54, 1.807) is 0 Å².